The van der Waals surface area contributed by atoms with Crippen molar-refractivity contribution in [1.82, 2.24) is 9.80 Å². The maximum atomic E-state index is 12.9. The molecule has 5 nitrogen and oxygen atoms in total. The van der Waals surface area contributed by atoms with Gasteiger partial charge in [-0.25, -0.2) is 0 Å². The predicted molar refractivity (Wildman–Crippen MR) is 90.0 cm³/mol. The van der Waals surface area contributed by atoms with Gasteiger partial charge in [0.1, 0.15) is 5.76 Å². The minimum absolute atomic E-state index is 0.00493. The van der Waals surface area contributed by atoms with Crippen molar-refractivity contribution >= 4 is 11.8 Å². The second-order valence-corrected chi connectivity index (χ2v) is 6.44. The molecule has 2 heterocycles. The zero-order chi connectivity index (χ0) is 17.3. The van der Waals surface area contributed by atoms with Crippen LogP contribution >= 0.6 is 0 Å². The van der Waals surface area contributed by atoms with Crippen LogP contribution in [0.25, 0.3) is 0 Å². The fourth-order valence-corrected chi connectivity index (χ4v) is 3.31. The molecule has 0 aliphatic carbocycles. The van der Waals surface area contributed by atoms with Gasteiger partial charge in [-0.1, -0.05) is 29.8 Å². The number of carbonyl (C=O) groups is 2. The third-order valence-corrected chi connectivity index (χ3v) is 4.67. The lowest BCUT2D eigenvalue weighted by Crippen LogP contribution is -2.35. The maximum absolute atomic E-state index is 12.9. The Morgan fingerprint density at radius 3 is 2.62 bits per heavy atom. The Labute approximate surface area is 141 Å². The van der Waals surface area contributed by atoms with Crippen LogP contribution in [0.2, 0.25) is 0 Å². The van der Waals surface area contributed by atoms with E-state index in [9.17, 15) is 9.59 Å². The molecule has 0 bridgehead atoms. The Morgan fingerprint density at radius 1 is 1.29 bits per heavy atom. The number of amides is 2. The van der Waals surface area contributed by atoms with E-state index >= 15 is 0 Å². The van der Waals surface area contributed by atoms with E-state index in [-0.39, 0.29) is 30.2 Å². The fraction of sp³-hybridized carbons (Fsp3) is 0.368. The van der Waals surface area contributed by atoms with Crippen molar-refractivity contribution in [3.63, 3.8) is 0 Å². The van der Waals surface area contributed by atoms with Gasteiger partial charge in [-0.15, -0.1) is 0 Å². The number of carbonyl (C=O) groups excluding carboxylic acids is 2. The van der Waals surface area contributed by atoms with E-state index in [1.54, 1.807) is 36.2 Å². The average molecular weight is 326 g/mol. The number of furan rings is 1. The first-order valence-electron chi connectivity index (χ1n) is 8.07. The second-order valence-electron chi connectivity index (χ2n) is 6.44. The Morgan fingerprint density at radius 2 is 2.00 bits per heavy atom. The number of rotatable bonds is 4. The van der Waals surface area contributed by atoms with Crippen LogP contribution in [-0.4, -0.2) is 35.7 Å². The van der Waals surface area contributed by atoms with Crippen LogP contribution in [-0.2, 0) is 16.1 Å². The average Bonchev–Trinajstić information content (AvgIpc) is 3.17. The van der Waals surface area contributed by atoms with E-state index in [1.807, 2.05) is 37.3 Å². The molecular weight excluding hydrogens is 304 g/mol. The monoisotopic (exact) mass is 326 g/mol. The van der Waals surface area contributed by atoms with E-state index in [4.69, 9.17) is 4.42 Å². The van der Waals surface area contributed by atoms with Crippen molar-refractivity contribution in [3.05, 3.63) is 59.5 Å². The molecule has 0 spiro atoms. The largest absolute Gasteiger partial charge is 0.467 e. The highest BCUT2D eigenvalue weighted by Crippen LogP contribution is 2.38. The van der Waals surface area contributed by atoms with Crippen molar-refractivity contribution in [2.75, 3.05) is 14.1 Å². The molecule has 3 rings (SSSR count). The molecule has 24 heavy (non-hydrogen) atoms. The zero-order valence-electron chi connectivity index (χ0n) is 14.2. The molecule has 2 aromatic rings. The van der Waals surface area contributed by atoms with Gasteiger partial charge in [0, 0.05) is 20.5 Å². The highest BCUT2D eigenvalue weighted by atomic mass is 16.3. The van der Waals surface area contributed by atoms with E-state index in [2.05, 4.69) is 0 Å². The van der Waals surface area contributed by atoms with Crippen molar-refractivity contribution in [3.8, 4) is 0 Å². The predicted octanol–water partition coefficient (Wildman–Crippen LogP) is 2.77. The molecule has 0 saturated carbocycles. The number of aryl methyl sites for hydroxylation is 1. The van der Waals surface area contributed by atoms with Crippen LogP contribution in [0.4, 0.5) is 0 Å². The number of likely N-dealkylation sites (tertiary alicyclic amines) is 1. The zero-order valence-corrected chi connectivity index (χ0v) is 14.2. The van der Waals surface area contributed by atoms with Gasteiger partial charge >= 0.3 is 0 Å². The fourth-order valence-electron chi connectivity index (χ4n) is 3.31. The molecule has 1 aromatic carbocycles. The first-order valence-corrected chi connectivity index (χ1v) is 8.07. The molecule has 0 radical (unpaired) electrons. The second kappa shape index (κ2) is 6.51. The van der Waals surface area contributed by atoms with Gasteiger partial charge in [-0.3, -0.25) is 9.59 Å². The summed E-state index contributed by atoms with van der Waals surface area (Å²) in [6, 6.07) is 11.5. The highest BCUT2D eigenvalue weighted by molar-refractivity contribution is 5.90. The van der Waals surface area contributed by atoms with E-state index in [0.717, 1.165) is 16.9 Å². The van der Waals surface area contributed by atoms with Crippen LogP contribution in [0.5, 0.6) is 0 Å². The highest BCUT2D eigenvalue weighted by Gasteiger charge is 2.43. The SMILES string of the molecule is Cc1ccc([C@H]2[C@@H](C(=O)N(C)Cc3ccco3)CC(=O)N2C)cc1. The molecule has 126 valence electrons. The van der Waals surface area contributed by atoms with Gasteiger partial charge < -0.3 is 14.2 Å². The quantitative estimate of drug-likeness (QED) is 0.868. The standard InChI is InChI=1S/C19H22N2O3/c1-13-6-8-14(9-7-13)18-16(11-17(22)21(18)3)19(23)20(2)12-15-5-4-10-24-15/h4-10,16,18H,11-12H2,1-3H3/t16-,18-/m0/s1. The van der Waals surface area contributed by atoms with Crippen LogP contribution in [0.1, 0.15) is 29.3 Å². The Hall–Kier alpha value is -2.56. The van der Waals surface area contributed by atoms with Crippen LogP contribution < -0.4 is 0 Å². The van der Waals surface area contributed by atoms with Crippen molar-refractivity contribution < 1.29 is 14.0 Å². The first-order chi connectivity index (χ1) is 11.5. The molecule has 1 saturated heterocycles. The Kier molecular flexibility index (Phi) is 4.42. The van der Waals surface area contributed by atoms with E-state index < -0.39 is 0 Å². The molecule has 5 heteroatoms. The normalized spacial score (nSPS) is 20.5. The Bertz CT molecular complexity index is 722. The van der Waals surface area contributed by atoms with Crippen molar-refractivity contribution in [2.45, 2.75) is 25.9 Å². The van der Waals surface area contributed by atoms with Gasteiger partial charge in [-0.2, -0.15) is 0 Å². The summed E-state index contributed by atoms with van der Waals surface area (Å²) in [5.41, 5.74) is 2.15. The van der Waals surface area contributed by atoms with Crippen LogP contribution in [0.15, 0.2) is 47.1 Å². The summed E-state index contributed by atoms with van der Waals surface area (Å²) in [5, 5.41) is 0. The van der Waals surface area contributed by atoms with Crippen molar-refractivity contribution in [2.24, 2.45) is 5.92 Å². The topological polar surface area (TPSA) is 53.8 Å². The number of nitrogens with zero attached hydrogens (tertiary/aromatic N) is 2. The van der Waals surface area contributed by atoms with Gasteiger partial charge in [0.2, 0.25) is 11.8 Å². The van der Waals surface area contributed by atoms with Gasteiger partial charge in [0.05, 0.1) is 24.8 Å². The lowest BCUT2D eigenvalue weighted by Gasteiger charge is -2.27. The number of benzene rings is 1. The summed E-state index contributed by atoms with van der Waals surface area (Å²) >= 11 is 0. The summed E-state index contributed by atoms with van der Waals surface area (Å²) < 4.78 is 5.31. The summed E-state index contributed by atoms with van der Waals surface area (Å²) in [4.78, 5) is 28.5. The molecule has 0 unspecified atom stereocenters. The third kappa shape index (κ3) is 3.07. The van der Waals surface area contributed by atoms with Crippen LogP contribution in [0, 0.1) is 12.8 Å². The minimum Gasteiger partial charge on any atom is -0.467 e. The van der Waals surface area contributed by atoms with Gasteiger partial charge in [-0.05, 0) is 24.6 Å². The maximum Gasteiger partial charge on any atom is 0.228 e. The van der Waals surface area contributed by atoms with E-state index in [0.29, 0.717) is 6.54 Å². The summed E-state index contributed by atoms with van der Waals surface area (Å²) in [7, 11) is 3.52. The smallest absolute Gasteiger partial charge is 0.228 e. The molecule has 0 N–H and O–H groups in total. The van der Waals surface area contributed by atoms with Gasteiger partial charge in [0.15, 0.2) is 0 Å². The van der Waals surface area contributed by atoms with Crippen LogP contribution in [0.3, 0.4) is 0 Å². The lowest BCUT2D eigenvalue weighted by molar-refractivity contribution is -0.136. The lowest BCUT2D eigenvalue weighted by atomic mass is 9.92. The molecule has 1 aromatic heterocycles. The molecule has 1 fully saturated rings. The number of hydrogen-bond donors (Lipinski definition) is 0. The number of hydrogen-bond acceptors (Lipinski definition) is 3. The summed E-state index contributed by atoms with van der Waals surface area (Å²) in [6.45, 7) is 2.42. The molecular formula is C19H22N2O3. The molecule has 1 aliphatic heterocycles. The van der Waals surface area contributed by atoms with Crippen molar-refractivity contribution in [1.29, 1.82) is 0 Å². The third-order valence-electron chi connectivity index (χ3n) is 4.67. The minimum atomic E-state index is -0.370. The molecule has 2 atom stereocenters. The van der Waals surface area contributed by atoms with E-state index in [1.165, 1.54) is 0 Å². The molecule has 2 amide bonds. The summed E-state index contributed by atoms with van der Waals surface area (Å²) in [5.74, 6) is 0.334. The Balaban J connectivity index is 1.82. The van der Waals surface area contributed by atoms with Gasteiger partial charge in [0.25, 0.3) is 0 Å². The molecule has 1 aliphatic rings. The summed E-state index contributed by atoms with van der Waals surface area (Å²) in [6.07, 6.45) is 1.84. The first kappa shape index (κ1) is 16.3.